The van der Waals surface area contributed by atoms with Gasteiger partial charge in [-0.3, -0.25) is 4.79 Å². The molecule has 3 N–H and O–H groups in total. The lowest BCUT2D eigenvalue weighted by molar-refractivity contribution is -0.120. The molecule has 0 radical (unpaired) electrons. The summed E-state index contributed by atoms with van der Waals surface area (Å²) < 4.78 is 10.5. The van der Waals surface area contributed by atoms with Crippen LogP contribution in [-0.4, -0.2) is 53.2 Å². The molecular weight excluding hydrogens is 348 g/mol. The smallest absolute Gasteiger partial charge is 0.221 e. The van der Waals surface area contributed by atoms with Gasteiger partial charge in [-0.2, -0.15) is 0 Å². The Balaban J connectivity index is 1.42. The fourth-order valence-corrected chi connectivity index (χ4v) is 2.66. The SMILES string of the molecule is COc1ccc(CCNC(=O)CCNc2ncnc3nc[nH]c23)cc1OC. The van der Waals surface area contributed by atoms with Crippen molar-refractivity contribution in [3.8, 4) is 11.5 Å². The number of nitrogens with zero attached hydrogens (tertiary/aromatic N) is 3. The van der Waals surface area contributed by atoms with Crippen LogP contribution in [0, 0.1) is 0 Å². The second-order valence-corrected chi connectivity index (χ2v) is 5.79. The van der Waals surface area contributed by atoms with E-state index in [1.807, 2.05) is 18.2 Å². The Bertz CT molecular complexity index is 911. The third kappa shape index (κ3) is 4.63. The molecule has 0 bridgehead atoms. The first-order chi connectivity index (χ1) is 13.2. The van der Waals surface area contributed by atoms with E-state index in [2.05, 4.69) is 30.6 Å². The number of anilines is 1. The van der Waals surface area contributed by atoms with Crippen molar-refractivity contribution < 1.29 is 14.3 Å². The van der Waals surface area contributed by atoms with Gasteiger partial charge >= 0.3 is 0 Å². The van der Waals surface area contributed by atoms with Crippen molar-refractivity contribution in [2.45, 2.75) is 12.8 Å². The average Bonchev–Trinajstić information content (AvgIpc) is 3.17. The number of imidazole rings is 1. The lowest BCUT2D eigenvalue weighted by Crippen LogP contribution is -2.27. The van der Waals surface area contributed by atoms with Gasteiger partial charge in [0.2, 0.25) is 5.91 Å². The summed E-state index contributed by atoms with van der Waals surface area (Å²) >= 11 is 0. The Hall–Kier alpha value is -3.36. The maximum atomic E-state index is 12.0. The number of methoxy groups -OCH3 is 2. The number of nitrogens with one attached hydrogen (secondary N) is 3. The molecule has 0 fully saturated rings. The van der Waals surface area contributed by atoms with Crippen LogP contribution in [0.3, 0.4) is 0 Å². The summed E-state index contributed by atoms with van der Waals surface area (Å²) in [7, 11) is 3.20. The molecule has 9 nitrogen and oxygen atoms in total. The van der Waals surface area contributed by atoms with Crippen molar-refractivity contribution in [2.75, 3.05) is 32.6 Å². The van der Waals surface area contributed by atoms with Gasteiger partial charge in [-0.1, -0.05) is 6.07 Å². The highest BCUT2D eigenvalue weighted by Crippen LogP contribution is 2.27. The highest BCUT2D eigenvalue weighted by Gasteiger charge is 2.07. The van der Waals surface area contributed by atoms with Crippen LogP contribution in [-0.2, 0) is 11.2 Å². The number of ether oxygens (including phenoxy) is 2. The van der Waals surface area contributed by atoms with Gasteiger partial charge in [0.15, 0.2) is 23.0 Å². The van der Waals surface area contributed by atoms with Crippen LogP contribution in [0.1, 0.15) is 12.0 Å². The minimum absolute atomic E-state index is 0.0297. The van der Waals surface area contributed by atoms with E-state index in [0.717, 1.165) is 11.1 Å². The maximum Gasteiger partial charge on any atom is 0.221 e. The molecule has 0 saturated heterocycles. The zero-order valence-electron chi connectivity index (χ0n) is 15.3. The number of hydrogen-bond acceptors (Lipinski definition) is 7. The highest BCUT2D eigenvalue weighted by molar-refractivity contribution is 5.82. The number of benzene rings is 1. The molecule has 3 aromatic rings. The predicted octanol–water partition coefficient (Wildman–Crippen LogP) is 1.53. The normalized spacial score (nSPS) is 10.6. The maximum absolute atomic E-state index is 12.0. The number of carbonyl (C=O) groups excluding carboxylic acids is 1. The second-order valence-electron chi connectivity index (χ2n) is 5.79. The molecule has 0 aliphatic heterocycles. The molecule has 0 atom stereocenters. The number of H-pyrrole nitrogens is 1. The zero-order chi connectivity index (χ0) is 19.1. The van der Waals surface area contributed by atoms with Crippen molar-refractivity contribution in [2.24, 2.45) is 0 Å². The molecule has 0 aliphatic rings. The zero-order valence-corrected chi connectivity index (χ0v) is 15.3. The fraction of sp³-hybridized carbons (Fsp3) is 0.333. The average molecular weight is 370 g/mol. The molecule has 2 heterocycles. The van der Waals surface area contributed by atoms with Crippen molar-refractivity contribution in [1.82, 2.24) is 25.3 Å². The Kier molecular flexibility index (Phi) is 6.03. The Labute approximate surface area is 156 Å². The topological polar surface area (TPSA) is 114 Å². The van der Waals surface area contributed by atoms with Crippen molar-refractivity contribution in [3.05, 3.63) is 36.4 Å². The predicted molar refractivity (Wildman–Crippen MR) is 101 cm³/mol. The minimum Gasteiger partial charge on any atom is -0.493 e. The largest absolute Gasteiger partial charge is 0.493 e. The monoisotopic (exact) mass is 370 g/mol. The van der Waals surface area contributed by atoms with E-state index in [0.29, 0.717) is 48.9 Å². The van der Waals surface area contributed by atoms with E-state index in [1.54, 1.807) is 20.5 Å². The molecule has 1 amide bonds. The summed E-state index contributed by atoms with van der Waals surface area (Å²) in [6, 6.07) is 5.73. The Morgan fingerprint density at radius 3 is 2.78 bits per heavy atom. The molecule has 27 heavy (non-hydrogen) atoms. The molecule has 142 valence electrons. The van der Waals surface area contributed by atoms with Gasteiger partial charge in [0, 0.05) is 19.5 Å². The molecule has 0 saturated carbocycles. The Morgan fingerprint density at radius 1 is 1.11 bits per heavy atom. The number of fused-ring (bicyclic) bond motifs is 1. The van der Waals surface area contributed by atoms with Gasteiger partial charge in [-0.25, -0.2) is 15.0 Å². The third-order valence-corrected chi connectivity index (χ3v) is 4.05. The number of aromatic amines is 1. The lowest BCUT2D eigenvalue weighted by atomic mass is 10.1. The van der Waals surface area contributed by atoms with Gasteiger partial charge in [-0.15, -0.1) is 0 Å². The molecule has 1 aromatic carbocycles. The summed E-state index contributed by atoms with van der Waals surface area (Å²) in [5.74, 6) is 1.97. The van der Waals surface area contributed by atoms with E-state index < -0.39 is 0 Å². The Morgan fingerprint density at radius 2 is 1.96 bits per heavy atom. The molecule has 0 unspecified atom stereocenters. The van der Waals surface area contributed by atoms with Crippen LogP contribution in [0.4, 0.5) is 5.82 Å². The van der Waals surface area contributed by atoms with Crippen molar-refractivity contribution >= 4 is 22.9 Å². The van der Waals surface area contributed by atoms with Gasteiger partial charge in [-0.05, 0) is 24.1 Å². The first-order valence-corrected chi connectivity index (χ1v) is 8.57. The number of rotatable bonds is 9. The molecule has 3 rings (SSSR count). The third-order valence-electron chi connectivity index (χ3n) is 4.05. The van der Waals surface area contributed by atoms with Gasteiger partial charge in [0.05, 0.1) is 20.5 Å². The van der Waals surface area contributed by atoms with Crippen LogP contribution in [0.5, 0.6) is 11.5 Å². The summed E-state index contributed by atoms with van der Waals surface area (Å²) in [4.78, 5) is 27.3. The van der Waals surface area contributed by atoms with Gasteiger partial charge in [0.1, 0.15) is 11.8 Å². The van der Waals surface area contributed by atoms with Gasteiger partial charge in [0.25, 0.3) is 0 Å². The second kappa shape index (κ2) is 8.84. The fourth-order valence-electron chi connectivity index (χ4n) is 2.66. The van der Waals surface area contributed by atoms with E-state index in [4.69, 9.17) is 9.47 Å². The van der Waals surface area contributed by atoms with E-state index >= 15 is 0 Å². The van der Waals surface area contributed by atoms with Crippen LogP contribution >= 0.6 is 0 Å². The molecule has 0 aliphatic carbocycles. The number of carbonyl (C=O) groups is 1. The van der Waals surface area contributed by atoms with E-state index in [-0.39, 0.29) is 5.91 Å². The minimum atomic E-state index is -0.0297. The summed E-state index contributed by atoms with van der Waals surface area (Å²) in [5.41, 5.74) is 2.38. The van der Waals surface area contributed by atoms with Crippen LogP contribution < -0.4 is 20.1 Å². The van der Waals surface area contributed by atoms with Crippen molar-refractivity contribution in [1.29, 1.82) is 0 Å². The molecule has 2 aromatic heterocycles. The van der Waals surface area contributed by atoms with E-state index in [1.165, 1.54) is 6.33 Å². The molecular formula is C18H22N6O3. The first-order valence-electron chi connectivity index (χ1n) is 8.57. The van der Waals surface area contributed by atoms with Crippen LogP contribution in [0.25, 0.3) is 11.2 Å². The van der Waals surface area contributed by atoms with Crippen LogP contribution in [0.2, 0.25) is 0 Å². The first kappa shape index (κ1) is 18.4. The standard InChI is InChI=1S/C18H22N6O3/c1-26-13-4-3-12(9-14(13)27-2)5-7-19-15(25)6-8-20-17-16-18(22-10-21-16)24-11-23-17/h3-4,9-11H,5-8H2,1-2H3,(H,19,25)(H2,20,21,22,23,24). The quantitative estimate of drug-likeness (QED) is 0.523. The number of hydrogen-bond donors (Lipinski definition) is 3. The number of amides is 1. The van der Waals surface area contributed by atoms with E-state index in [9.17, 15) is 4.79 Å². The lowest BCUT2D eigenvalue weighted by Gasteiger charge is -2.10. The van der Waals surface area contributed by atoms with Crippen LogP contribution in [0.15, 0.2) is 30.9 Å². The highest BCUT2D eigenvalue weighted by atomic mass is 16.5. The van der Waals surface area contributed by atoms with Gasteiger partial charge < -0.3 is 25.1 Å². The molecule has 0 spiro atoms. The summed E-state index contributed by atoms with van der Waals surface area (Å²) in [6.07, 6.45) is 4.05. The molecule has 9 heteroatoms. The van der Waals surface area contributed by atoms with Crippen molar-refractivity contribution in [3.63, 3.8) is 0 Å². The summed E-state index contributed by atoms with van der Waals surface area (Å²) in [6.45, 7) is 1.01. The number of aromatic nitrogens is 4. The summed E-state index contributed by atoms with van der Waals surface area (Å²) in [5, 5.41) is 6.04.